The molecule has 0 aliphatic carbocycles. The van der Waals surface area contributed by atoms with Gasteiger partial charge in [-0.2, -0.15) is 0 Å². The van der Waals surface area contributed by atoms with E-state index >= 15 is 0 Å². The van der Waals surface area contributed by atoms with Gasteiger partial charge < -0.3 is 4.74 Å². The fourth-order valence-electron chi connectivity index (χ4n) is 1.70. The smallest absolute Gasteiger partial charge is 0.266 e. The summed E-state index contributed by atoms with van der Waals surface area (Å²) >= 11 is 5.61. The molecule has 0 aliphatic rings. The molecule has 21 heavy (non-hydrogen) atoms. The van der Waals surface area contributed by atoms with Crippen molar-refractivity contribution in [3.05, 3.63) is 40.5 Å². The van der Waals surface area contributed by atoms with Gasteiger partial charge in [0.25, 0.3) is 10.0 Å². The molecule has 0 saturated carbocycles. The molecule has 8 heteroatoms. The molecule has 0 aliphatic heterocycles. The van der Waals surface area contributed by atoms with Crippen LogP contribution in [0.3, 0.4) is 0 Å². The van der Waals surface area contributed by atoms with E-state index < -0.39 is 10.0 Å². The molecule has 112 valence electrons. The zero-order valence-electron chi connectivity index (χ0n) is 11.7. The van der Waals surface area contributed by atoms with Crippen molar-refractivity contribution >= 4 is 27.4 Å². The number of halogens is 1. The molecule has 2 aromatic rings. The van der Waals surface area contributed by atoms with E-state index in [1.165, 1.54) is 19.2 Å². The minimum Gasteiger partial charge on any atom is -0.495 e. The number of hydrogen-bond acceptors (Lipinski definition) is 5. The van der Waals surface area contributed by atoms with Crippen molar-refractivity contribution in [3.63, 3.8) is 0 Å². The van der Waals surface area contributed by atoms with Crippen LogP contribution < -0.4 is 9.46 Å². The second kappa shape index (κ2) is 5.87. The Morgan fingerprint density at radius 2 is 1.81 bits per heavy atom. The van der Waals surface area contributed by atoms with Crippen molar-refractivity contribution in [1.82, 2.24) is 10.2 Å². The average Bonchev–Trinajstić information content (AvgIpc) is 2.43. The van der Waals surface area contributed by atoms with Crippen molar-refractivity contribution in [1.29, 1.82) is 0 Å². The van der Waals surface area contributed by atoms with Crippen LogP contribution >= 0.6 is 11.6 Å². The van der Waals surface area contributed by atoms with Crippen molar-refractivity contribution < 1.29 is 13.2 Å². The van der Waals surface area contributed by atoms with Gasteiger partial charge in [-0.3, -0.25) is 4.72 Å². The van der Waals surface area contributed by atoms with Crippen LogP contribution in [0.25, 0.3) is 0 Å². The molecule has 0 bridgehead atoms. The van der Waals surface area contributed by atoms with Crippen LogP contribution in [0.2, 0.25) is 5.15 Å². The summed E-state index contributed by atoms with van der Waals surface area (Å²) in [6, 6.07) is 6.11. The number of methoxy groups -OCH3 is 1. The molecular weight excluding hydrogens is 314 g/mol. The third-order valence-corrected chi connectivity index (χ3v) is 4.52. The summed E-state index contributed by atoms with van der Waals surface area (Å²) in [6.07, 6.45) is 0. The van der Waals surface area contributed by atoms with Crippen LogP contribution in [0.1, 0.15) is 11.1 Å². The maximum Gasteiger partial charge on any atom is 0.266 e. The van der Waals surface area contributed by atoms with Gasteiger partial charge in [0, 0.05) is 0 Å². The Balaban J connectivity index is 2.44. The van der Waals surface area contributed by atoms with Gasteiger partial charge in [-0.05, 0) is 49.2 Å². The van der Waals surface area contributed by atoms with Crippen molar-refractivity contribution in [3.8, 4) is 5.75 Å². The SMILES string of the molecule is COc1cc(C)c(C)cc1S(=O)(=O)Nc1ccc(Cl)nn1. The minimum atomic E-state index is -3.83. The van der Waals surface area contributed by atoms with Crippen LogP contribution in [0.5, 0.6) is 5.75 Å². The zero-order chi connectivity index (χ0) is 15.6. The number of rotatable bonds is 4. The third kappa shape index (κ3) is 3.43. The first-order valence-corrected chi connectivity index (χ1v) is 7.87. The Morgan fingerprint density at radius 1 is 1.14 bits per heavy atom. The highest BCUT2D eigenvalue weighted by Gasteiger charge is 2.21. The third-order valence-electron chi connectivity index (χ3n) is 2.94. The standard InChI is InChI=1S/C13H14ClN3O3S/c1-8-6-10(20-3)11(7-9(8)2)21(18,19)17-13-5-4-12(14)15-16-13/h4-7H,1-3H3,(H,16,17). The Labute approximate surface area is 128 Å². The van der Waals surface area contributed by atoms with Crippen LogP contribution in [0.4, 0.5) is 5.82 Å². The molecule has 0 radical (unpaired) electrons. The monoisotopic (exact) mass is 327 g/mol. The molecule has 1 aromatic carbocycles. The predicted octanol–water partition coefficient (Wildman–Crippen LogP) is 2.56. The molecule has 0 saturated heterocycles. The summed E-state index contributed by atoms with van der Waals surface area (Å²) in [5, 5.41) is 7.44. The molecule has 0 unspecified atom stereocenters. The Morgan fingerprint density at radius 3 is 2.38 bits per heavy atom. The number of nitrogens with zero attached hydrogens (tertiary/aromatic N) is 2. The van der Waals surface area contributed by atoms with Gasteiger partial charge in [-0.15, -0.1) is 10.2 Å². The topological polar surface area (TPSA) is 81.2 Å². The molecule has 1 N–H and O–H groups in total. The highest BCUT2D eigenvalue weighted by Crippen LogP contribution is 2.28. The number of sulfonamides is 1. The van der Waals surface area contributed by atoms with E-state index in [0.717, 1.165) is 11.1 Å². The number of anilines is 1. The van der Waals surface area contributed by atoms with Crippen molar-refractivity contribution in [2.24, 2.45) is 0 Å². The summed E-state index contributed by atoms with van der Waals surface area (Å²) < 4.78 is 32.4. The fourth-order valence-corrected chi connectivity index (χ4v) is 3.03. The van der Waals surface area contributed by atoms with E-state index in [2.05, 4.69) is 14.9 Å². The number of aryl methyl sites for hydroxylation is 2. The van der Waals surface area contributed by atoms with E-state index in [0.29, 0.717) is 0 Å². The summed E-state index contributed by atoms with van der Waals surface area (Å²) in [6.45, 7) is 3.71. The van der Waals surface area contributed by atoms with Gasteiger partial charge in [0.2, 0.25) is 0 Å². The summed E-state index contributed by atoms with van der Waals surface area (Å²) in [7, 11) is -2.41. The van der Waals surface area contributed by atoms with Gasteiger partial charge in [0.05, 0.1) is 7.11 Å². The van der Waals surface area contributed by atoms with Gasteiger partial charge >= 0.3 is 0 Å². The maximum atomic E-state index is 12.4. The quantitative estimate of drug-likeness (QED) is 0.933. The molecular formula is C13H14ClN3O3S. The van der Waals surface area contributed by atoms with E-state index in [1.807, 2.05) is 13.8 Å². The van der Waals surface area contributed by atoms with Crippen LogP contribution in [-0.4, -0.2) is 25.7 Å². The van der Waals surface area contributed by atoms with E-state index in [4.69, 9.17) is 16.3 Å². The van der Waals surface area contributed by atoms with Crippen molar-refractivity contribution in [2.45, 2.75) is 18.7 Å². The lowest BCUT2D eigenvalue weighted by atomic mass is 10.1. The Bertz CT molecular complexity index is 761. The largest absolute Gasteiger partial charge is 0.495 e. The Kier molecular flexibility index (Phi) is 4.34. The van der Waals surface area contributed by atoms with Gasteiger partial charge in [0.15, 0.2) is 11.0 Å². The number of aromatic nitrogens is 2. The number of nitrogens with one attached hydrogen (secondary N) is 1. The minimum absolute atomic E-state index is 0.0462. The number of benzene rings is 1. The first kappa shape index (κ1) is 15.5. The molecule has 1 aromatic heterocycles. The average molecular weight is 328 g/mol. The molecule has 0 amide bonds. The summed E-state index contributed by atoms with van der Waals surface area (Å²) in [5.74, 6) is 0.354. The van der Waals surface area contributed by atoms with Crippen molar-refractivity contribution in [2.75, 3.05) is 11.8 Å². The summed E-state index contributed by atoms with van der Waals surface area (Å²) in [4.78, 5) is 0.0462. The molecule has 0 spiro atoms. The summed E-state index contributed by atoms with van der Waals surface area (Å²) in [5.41, 5.74) is 1.79. The normalized spacial score (nSPS) is 11.2. The molecule has 1 heterocycles. The number of ether oxygens (including phenoxy) is 1. The maximum absolute atomic E-state index is 12.4. The molecule has 2 rings (SSSR count). The fraction of sp³-hybridized carbons (Fsp3) is 0.231. The predicted molar refractivity (Wildman–Crippen MR) is 80.3 cm³/mol. The van der Waals surface area contributed by atoms with Gasteiger partial charge in [0.1, 0.15) is 10.6 Å². The second-order valence-corrected chi connectivity index (χ2v) is 6.47. The lowest BCUT2D eigenvalue weighted by Gasteiger charge is -2.13. The Hall–Kier alpha value is -1.86. The first-order valence-electron chi connectivity index (χ1n) is 6.01. The van der Waals surface area contributed by atoms with E-state index in [-0.39, 0.29) is 21.6 Å². The number of hydrogen-bond donors (Lipinski definition) is 1. The van der Waals surface area contributed by atoms with Crippen LogP contribution in [0, 0.1) is 13.8 Å². The lowest BCUT2D eigenvalue weighted by Crippen LogP contribution is -2.15. The zero-order valence-corrected chi connectivity index (χ0v) is 13.3. The molecule has 0 fully saturated rings. The van der Waals surface area contributed by atoms with Gasteiger partial charge in [-0.1, -0.05) is 11.6 Å². The van der Waals surface area contributed by atoms with Crippen LogP contribution in [0.15, 0.2) is 29.2 Å². The van der Waals surface area contributed by atoms with E-state index in [1.54, 1.807) is 12.1 Å². The van der Waals surface area contributed by atoms with Crippen LogP contribution in [-0.2, 0) is 10.0 Å². The highest BCUT2D eigenvalue weighted by molar-refractivity contribution is 7.92. The molecule has 6 nitrogen and oxygen atoms in total. The highest BCUT2D eigenvalue weighted by atomic mass is 35.5. The second-order valence-electron chi connectivity index (χ2n) is 4.43. The van der Waals surface area contributed by atoms with E-state index in [9.17, 15) is 8.42 Å². The first-order chi connectivity index (χ1) is 9.83. The van der Waals surface area contributed by atoms with Gasteiger partial charge in [-0.25, -0.2) is 8.42 Å². The lowest BCUT2D eigenvalue weighted by molar-refractivity contribution is 0.402. The molecule has 0 atom stereocenters.